The number of aliphatic hydroxyl groups is 1. The zero-order chi connectivity index (χ0) is 26.2. The number of aliphatic carboxylic acids is 1. The first-order chi connectivity index (χ1) is 16.1. The number of carboxylic acids is 1. The van der Waals surface area contributed by atoms with Gasteiger partial charge in [0.2, 0.25) is 17.7 Å². The van der Waals surface area contributed by atoms with Gasteiger partial charge in [-0.2, -0.15) is 0 Å². The van der Waals surface area contributed by atoms with Crippen molar-refractivity contribution in [2.75, 3.05) is 6.54 Å². The topological polar surface area (TPSA) is 145 Å². The van der Waals surface area contributed by atoms with Crippen LogP contribution in [0.1, 0.15) is 72.1 Å². The molecule has 3 amide bonds. The molecular formula is C23H35F2N3O7. The first-order valence-corrected chi connectivity index (χ1v) is 12.0. The van der Waals surface area contributed by atoms with Gasteiger partial charge in [0.15, 0.2) is 0 Å². The number of fused-ring (bicyclic) bond motifs is 2. The Kier molecular flexibility index (Phi) is 7.64. The SMILES string of the molecule is CC(C)(C)OC(=O)NC1CCCCCC(F)(F)CC2CC2(C(=O)O)NC(=O)C2CC(O)CN2C1=O. The molecule has 5 unspecified atom stereocenters. The van der Waals surface area contributed by atoms with Gasteiger partial charge in [-0.3, -0.25) is 9.59 Å². The van der Waals surface area contributed by atoms with Crippen LogP contribution in [-0.4, -0.2) is 80.8 Å². The van der Waals surface area contributed by atoms with E-state index in [4.69, 9.17) is 4.74 Å². The molecule has 2 aliphatic heterocycles. The third-order valence-electron chi connectivity index (χ3n) is 6.77. The largest absolute Gasteiger partial charge is 0.479 e. The Bertz CT molecular complexity index is 863. The lowest BCUT2D eigenvalue weighted by Gasteiger charge is -2.30. The van der Waals surface area contributed by atoms with Crippen molar-refractivity contribution in [3.05, 3.63) is 0 Å². The van der Waals surface area contributed by atoms with E-state index < -0.39 is 77.9 Å². The summed E-state index contributed by atoms with van der Waals surface area (Å²) in [5.74, 6) is -6.87. The van der Waals surface area contributed by atoms with E-state index in [1.54, 1.807) is 20.8 Å². The molecule has 5 atom stereocenters. The monoisotopic (exact) mass is 503 g/mol. The number of nitrogens with one attached hydrogen (secondary N) is 2. The van der Waals surface area contributed by atoms with E-state index >= 15 is 0 Å². The van der Waals surface area contributed by atoms with Crippen LogP contribution < -0.4 is 10.6 Å². The molecule has 0 aromatic heterocycles. The Hall–Kier alpha value is -2.50. The number of hydrogen-bond donors (Lipinski definition) is 4. The highest BCUT2D eigenvalue weighted by Gasteiger charge is 2.64. The van der Waals surface area contributed by atoms with Gasteiger partial charge in [0, 0.05) is 31.7 Å². The van der Waals surface area contributed by atoms with Gasteiger partial charge in [0.25, 0.3) is 0 Å². The third kappa shape index (κ3) is 6.59. The highest BCUT2D eigenvalue weighted by molar-refractivity contribution is 5.95. The minimum atomic E-state index is -3.09. The van der Waals surface area contributed by atoms with Gasteiger partial charge in [-0.1, -0.05) is 12.8 Å². The second kappa shape index (κ2) is 9.87. The molecule has 3 fully saturated rings. The van der Waals surface area contributed by atoms with Gasteiger partial charge in [0.05, 0.1) is 6.10 Å². The van der Waals surface area contributed by atoms with Crippen molar-refractivity contribution in [3.8, 4) is 0 Å². The lowest BCUT2D eigenvalue weighted by Crippen LogP contribution is -2.56. The highest BCUT2D eigenvalue weighted by Crippen LogP contribution is 2.50. The number of carbonyl (C=O) groups is 4. The number of amides is 3. The average Bonchev–Trinajstić information content (AvgIpc) is 3.22. The molecule has 198 valence electrons. The summed E-state index contributed by atoms with van der Waals surface area (Å²) in [5.41, 5.74) is -2.64. The predicted octanol–water partition coefficient (Wildman–Crippen LogP) is 1.79. The van der Waals surface area contributed by atoms with Gasteiger partial charge in [-0.25, -0.2) is 18.4 Å². The molecule has 0 radical (unpaired) electrons. The van der Waals surface area contributed by atoms with E-state index in [-0.39, 0.29) is 32.2 Å². The normalized spacial score (nSPS) is 33.9. The van der Waals surface area contributed by atoms with E-state index in [9.17, 15) is 38.2 Å². The van der Waals surface area contributed by atoms with E-state index in [1.165, 1.54) is 0 Å². The molecule has 12 heteroatoms. The smallest absolute Gasteiger partial charge is 0.408 e. The minimum absolute atomic E-state index is 0.129. The number of halogens is 2. The second-order valence-electron chi connectivity index (χ2n) is 10.9. The van der Waals surface area contributed by atoms with Crippen LogP contribution in [-0.2, 0) is 19.1 Å². The first kappa shape index (κ1) is 27.1. The van der Waals surface area contributed by atoms with Crippen LogP contribution in [0, 0.1) is 5.92 Å². The molecule has 0 aromatic rings. The molecule has 4 N–H and O–H groups in total. The second-order valence-corrected chi connectivity index (χ2v) is 10.9. The van der Waals surface area contributed by atoms with Crippen LogP contribution in [0.4, 0.5) is 13.6 Å². The van der Waals surface area contributed by atoms with Crippen LogP contribution in [0.25, 0.3) is 0 Å². The number of nitrogens with zero attached hydrogens (tertiary/aromatic N) is 1. The Morgan fingerprint density at radius 3 is 2.49 bits per heavy atom. The molecule has 2 saturated heterocycles. The Morgan fingerprint density at radius 2 is 1.86 bits per heavy atom. The summed E-state index contributed by atoms with van der Waals surface area (Å²) in [6, 6.07) is -2.29. The van der Waals surface area contributed by atoms with Gasteiger partial charge in [-0.05, 0) is 40.0 Å². The molecule has 3 aliphatic rings. The van der Waals surface area contributed by atoms with E-state index in [0.717, 1.165) is 4.90 Å². The number of carboxylic acid groups (broad SMARTS) is 1. The third-order valence-corrected chi connectivity index (χ3v) is 6.77. The summed E-state index contributed by atoms with van der Waals surface area (Å²) in [7, 11) is 0. The zero-order valence-electron chi connectivity index (χ0n) is 20.3. The van der Waals surface area contributed by atoms with Crippen molar-refractivity contribution in [1.82, 2.24) is 15.5 Å². The molecule has 0 aromatic carbocycles. The summed E-state index contributed by atoms with van der Waals surface area (Å²) in [4.78, 5) is 51.9. The van der Waals surface area contributed by atoms with Crippen molar-refractivity contribution in [3.63, 3.8) is 0 Å². The molecule has 1 saturated carbocycles. The summed E-state index contributed by atoms with van der Waals surface area (Å²) in [6.07, 6.45) is -2.21. The van der Waals surface area contributed by atoms with Crippen molar-refractivity contribution >= 4 is 23.9 Å². The molecule has 3 rings (SSSR count). The molecule has 2 heterocycles. The summed E-state index contributed by atoms with van der Waals surface area (Å²) >= 11 is 0. The number of alkyl carbamates (subject to hydrolysis) is 1. The first-order valence-electron chi connectivity index (χ1n) is 12.0. The highest BCUT2D eigenvalue weighted by atomic mass is 19.3. The number of hydrogen-bond acceptors (Lipinski definition) is 6. The Labute approximate surface area is 202 Å². The van der Waals surface area contributed by atoms with E-state index in [1.807, 2.05) is 0 Å². The van der Waals surface area contributed by atoms with Crippen LogP contribution in [0.15, 0.2) is 0 Å². The fourth-order valence-electron chi connectivity index (χ4n) is 4.93. The lowest BCUT2D eigenvalue weighted by molar-refractivity contribution is -0.146. The van der Waals surface area contributed by atoms with E-state index in [0.29, 0.717) is 12.8 Å². The molecule has 0 spiro atoms. The average molecular weight is 504 g/mol. The molecule has 10 nitrogen and oxygen atoms in total. The van der Waals surface area contributed by atoms with Crippen LogP contribution in [0.2, 0.25) is 0 Å². The quantitative estimate of drug-likeness (QED) is 0.450. The molecule has 1 aliphatic carbocycles. The maximum absolute atomic E-state index is 14.5. The fourth-order valence-corrected chi connectivity index (χ4v) is 4.93. The predicted molar refractivity (Wildman–Crippen MR) is 119 cm³/mol. The van der Waals surface area contributed by atoms with Crippen molar-refractivity contribution < 1.29 is 42.9 Å². The van der Waals surface area contributed by atoms with Crippen LogP contribution in [0.5, 0.6) is 0 Å². The Balaban J connectivity index is 1.86. The number of carbonyl (C=O) groups excluding carboxylic acids is 3. The number of rotatable bonds is 2. The molecular weight excluding hydrogens is 468 g/mol. The summed E-state index contributed by atoms with van der Waals surface area (Å²) in [6.45, 7) is 4.80. The van der Waals surface area contributed by atoms with Crippen LogP contribution in [0.3, 0.4) is 0 Å². The van der Waals surface area contributed by atoms with Crippen molar-refractivity contribution in [2.24, 2.45) is 5.92 Å². The van der Waals surface area contributed by atoms with Crippen LogP contribution >= 0.6 is 0 Å². The standard InChI is InChI=1S/C23H35F2N3O7/c1-21(2,3)35-20(34)26-15-7-5-4-6-8-22(24,25)10-13-11-23(13,19(32)33)27-17(30)16-9-14(29)12-28(16)18(15)31/h13-16,29H,4-12H2,1-3H3,(H,26,34)(H,27,30)(H,32,33). The van der Waals surface area contributed by atoms with Gasteiger partial charge >= 0.3 is 12.1 Å². The van der Waals surface area contributed by atoms with Gasteiger partial charge in [0.1, 0.15) is 23.2 Å². The van der Waals surface area contributed by atoms with Crippen molar-refractivity contribution in [1.29, 1.82) is 0 Å². The number of aliphatic hydroxyl groups excluding tert-OH is 1. The van der Waals surface area contributed by atoms with Gasteiger partial charge in [-0.15, -0.1) is 0 Å². The lowest BCUT2D eigenvalue weighted by atomic mass is 10.0. The Morgan fingerprint density at radius 1 is 1.17 bits per heavy atom. The zero-order valence-corrected chi connectivity index (χ0v) is 20.3. The molecule has 35 heavy (non-hydrogen) atoms. The number of ether oxygens (including phenoxy) is 1. The molecule has 0 bridgehead atoms. The maximum Gasteiger partial charge on any atom is 0.408 e. The minimum Gasteiger partial charge on any atom is -0.479 e. The van der Waals surface area contributed by atoms with Crippen molar-refractivity contribution in [2.45, 2.75) is 107 Å². The summed E-state index contributed by atoms with van der Waals surface area (Å²) < 4.78 is 34.3. The maximum atomic E-state index is 14.5. The number of alkyl halides is 2. The fraction of sp³-hybridized carbons (Fsp3) is 0.826. The summed E-state index contributed by atoms with van der Waals surface area (Å²) in [5, 5.41) is 24.8. The van der Waals surface area contributed by atoms with E-state index in [2.05, 4.69) is 10.6 Å². The van der Waals surface area contributed by atoms with Gasteiger partial charge < -0.3 is 30.5 Å².